The van der Waals surface area contributed by atoms with Gasteiger partial charge in [-0.05, 0) is 24.4 Å². The van der Waals surface area contributed by atoms with Crippen molar-refractivity contribution in [2.75, 3.05) is 29.9 Å². The Morgan fingerprint density at radius 1 is 1.38 bits per heavy atom. The van der Waals surface area contributed by atoms with Crippen LogP contribution in [-0.4, -0.2) is 36.0 Å². The summed E-state index contributed by atoms with van der Waals surface area (Å²) in [7, 11) is 1.85. The number of aryl methyl sites for hydroxylation is 1. The number of amides is 1. The zero-order valence-electron chi connectivity index (χ0n) is 8.90. The number of halogens is 1. The topological polar surface area (TPSA) is 49.3 Å². The molecule has 16 heavy (non-hydrogen) atoms. The van der Waals surface area contributed by atoms with Crippen LogP contribution in [0.25, 0.3) is 0 Å². The molecule has 1 amide bonds. The van der Waals surface area contributed by atoms with Crippen LogP contribution >= 0.6 is 11.6 Å². The van der Waals surface area contributed by atoms with Crippen molar-refractivity contribution in [3.05, 3.63) is 11.0 Å². The number of nitrogens with zero attached hydrogens (tertiary/aromatic N) is 4. The lowest BCUT2D eigenvalue weighted by molar-refractivity contribution is -0.117. The summed E-state index contributed by atoms with van der Waals surface area (Å²) in [4.78, 5) is 23.9. The Labute approximate surface area is 98.0 Å². The third-order valence-corrected chi connectivity index (χ3v) is 3.18. The molecule has 2 aliphatic rings. The first-order valence-electron chi connectivity index (χ1n) is 5.25. The van der Waals surface area contributed by atoms with Crippen LogP contribution in [0.1, 0.15) is 12.1 Å². The molecule has 0 unspecified atom stereocenters. The lowest BCUT2D eigenvalue weighted by Gasteiger charge is -2.37. The van der Waals surface area contributed by atoms with E-state index >= 15 is 0 Å². The lowest BCUT2D eigenvalue weighted by atomic mass is 10.1. The summed E-state index contributed by atoms with van der Waals surface area (Å²) in [5.74, 6) is 0.885. The molecule has 84 valence electrons. The maximum absolute atomic E-state index is 11.9. The Balaban J connectivity index is 2.25. The number of hydrogen-bond donors (Lipinski definition) is 0. The highest BCUT2D eigenvalue weighted by Gasteiger charge is 2.34. The summed E-state index contributed by atoms with van der Waals surface area (Å²) >= 11 is 5.88. The van der Waals surface area contributed by atoms with Crippen LogP contribution in [-0.2, 0) is 11.2 Å². The zero-order valence-corrected chi connectivity index (χ0v) is 9.66. The molecule has 0 aromatic carbocycles. The minimum Gasteiger partial charge on any atom is -0.348 e. The lowest BCUT2D eigenvalue weighted by Crippen LogP contribution is -2.47. The molecule has 1 aromatic rings. The van der Waals surface area contributed by atoms with Crippen molar-refractivity contribution in [3.63, 3.8) is 0 Å². The molecule has 0 bridgehead atoms. The highest BCUT2D eigenvalue weighted by molar-refractivity contribution is 6.28. The Kier molecular flexibility index (Phi) is 2.04. The first-order valence-corrected chi connectivity index (χ1v) is 5.62. The van der Waals surface area contributed by atoms with Crippen molar-refractivity contribution >= 4 is 29.0 Å². The van der Waals surface area contributed by atoms with Gasteiger partial charge in [-0.3, -0.25) is 4.79 Å². The van der Waals surface area contributed by atoms with Crippen LogP contribution in [0.3, 0.4) is 0 Å². The molecule has 1 aromatic heterocycles. The van der Waals surface area contributed by atoms with Gasteiger partial charge >= 0.3 is 0 Å². The van der Waals surface area contributed by atoms with Gasteiger partial charge in [0, 0.05) is 13.6 Å². The normalized spacial score (nSPS) is 18.8. The second-order valence-electron chi connectivity index (χ2n) is 4.12. The predicted octanol–water partition coefficient (Wildman–Crippen LogP) is 0.859. The molecule has 0 aliphatic carbocycles. The molecule has 0 atom stereocenters. The van der Waals surface area contributed by atoms with E-state index in [1.807, 2.05) is 11.9 Å². The molecule has 0 saturated carbocycles. The number of hydrogen-bond acceptors (Lipinski definition) is 4. The van der Waals surface area contributed by atoms with E-state index in [2.05, 4.69) is 9.97 Å². The first kappa shape index (κ1) is 9.84. The third-order valence-electron chi connectivity index (χ3n) is 3.01. The fraction of sp³-hybridized carbons (Fsp3) is 0.500. The summed E-state index contributed by atoms with van der Waals surface area (Å²) in [6, 6.07) is 0. The van der Waals surface area contributed by atoms with Crippen LogP contribution in [0, 0.1) is 0 Å². The third kappa shape index (κ3) is 1.28. The summed E-state index contributed by atoms with van der Waals surface area (Å²) in [5.41, 5.74) is 1.75. The maximum atomic E-state index is 11.9. The molecular formula is C10H11ClN4O. The molecule has 5 nitrogen and oxygen atoms in total. The maximum Gasteiger partial charge on any atom is 0.246 e. The number of rotatable bonds is 0. The average Bonchev–Trinajstić information content (AvgIpc) is 2.25. The summed E-state index contributed by atoms with van der Waals surface area (Å²) in [6.07, 6.45) is 1.80. The van der Waals surface area contributed by atoms with Crippen molar-refractivity contribution in [2.24, 2.45) is 0 Å². The van der Waals surface area contributed by atoms with E-state index < -0.39 is 0 Å². The van der Waals surface area contributed by atoms with Gasteiger partial charge in [-0.15, -0.1) is 0 Å². The van der Waals surface area contributed by atoms with E-state index in [9.17, 15) is 4.79 Å². The fourth-order valence-corrected chi connectivity index (χ4v) is 2.49. The zero-order chi connectivity index (χ0) is 11.3. The molecule has 0 spiro atoms. The number of carbonyl (C=O) groups is 1. The minimum absolute atomic E-state index is 0.113. The molecule has 3 heterocycles. The van der Waals surface area contributed by atoms with Gasteiger partial charge in [0.25, 0.3) is 0 Å². The smallest absolute Gasteiger partial charge is 0.246 e. The number of aromatic nitrogens is 2. The molecule has 0 saturated heterocycles. The first-order chi connectivity index (χ1) is 7.66. The molecule has 0 radical (unpaired) electrons. The van der Waals surface area contributed by atoms with Gasteiger partial charge in [0.15, 0.2) is 5.82 Å². The second-order valence-corrected chi connectivity index (χ2v) is 4.45. The van der Waals surface area contributed by atoms with Crippen LogP contribution in [0.4, 0.5) is 11.5 Å². The van der Waals surface area contributed by atoms with E-state index in [1.165, 1.54) is 0 Å². The van der Waals surface area contributed by atoms with Crippen molar-refractivity contribution in [3.8, 4) is 0 Å². The largest absolute Gasteiger partial charge is 0.348 e. The molecule has 3 rings (SSSR count). The van der Waals surface area contributed by atoms with E-state index in [4.69, 9.17) is 11.6 Å². The van der Waals surface area contributed by atoms with E-state index in [1.54, 1.807) is 4.90 Å². The summed E-state index contributed by atoms with van der Waals surface area (Å²) < 4.78 is 0. The Morgan fingerprint density at radius 3 is 3.00 bits per heavy atom. The predicted molar refractivity (Wildman–Crippen MR) is 61.0 cm³/mol. The number of anilines is 2. The summed E-state index contributed by atoms with van der Waals surface area (Å²) in [6.45, 7) is 1.12. The van der Waals surface area contributed by atoms with Crippen molar-refractivity contribution in [2.45, 2.75) is 12.8 Å². The Morgan fingerprint density at radius 2 is 2.19 bits per heavy atom. The van der Waals surface area contributed by atoms with Gasteiger partial charge in [-0.25, -0.2) is 4.98 Å². The second kappa shape index (κ2) is 3.31. The van der Waals surface area contributed by atoms with Crippen LogP contribution in [0.5, 0.6) is 0 Å². The SMILES string of the molecule is CN1CC(=O)N2CCCc3nc(Cl)nc1c32. The average molecular weight is 239 g/mol. The minimum atomic E-state index is 0.113. The van der Waals surface area contributed by atoms with Gasteiger partial charge in [0.05, 0.1) is 12.2 Å². The standard InChI is InChI=1S/C10H11ClN4O/c1-14-5-7(16)15-4-2-3-6-8(15)9(14)13-10(11)12-6/h2-5H2,1H3. The van der Waals surface area contributed by atoms with Gasteiger partial charge in [0.2, 0.25) is 11.2 Å². The summed E-state index contributed by atoms with van der Waals surface area (Å²) in [5, 5.41) is 0.261. The highest BCUT2D eigenvalue weighted by Crippen LogP contribution is 2.37. The van der Waals surface area contributed by atoms with Crippen LogP contribution < -0.4 is 9.80 Å². The Hall–Kier alpha value is -1.36. The van der Waals surface area contributed by atoms with Crippen molar-refractivity contribution in [1.29, 1.82) is 0 Å². The van der Waals surface area contributed by atoms with E-state index in [-0.39, 0.29) is 11.2 Å². The van der Waals surface area contributed by atoms with Crippen molar-refractivity contribution in [1.82, 2.24) is 9.97 Å². The highest BCUT2D eigenvalue weighted by atomic mass is 35.5. The van der Waals surface area contributed by atoms with Gasteiger partial charge in [-0.2, -0.15) is 4.98 Å². The molecule has 2 aliphatic heterocycles. The number of carbonyl (C=O) groups excluding carboxylic acids is 1. The van der Waals surface area contributed by atoms with Gasteiger partial charge in [-0.1, -0.05) is 0 Å². The van der Waals surface area contributed by atoms with E-state index in [0.29, 0.717) is 6.54 Å². The quantitative estimate of drug-likeness (QED) is 0.629. The monoisotopic (exact) mass is 238 g/mol. The fourth-order valence-electron chi connectivity index (χ4n) is 2.30. The van der Waals surface area contributed by atoms with Gasteiger partial charge < -0.3 is 9.80 Å². The van der Waals surface area contributed by atoms with Gasteiger partial charge in [0.1, 0.15) is 5.69 Å². The number of likely N-dealkylation sites (N-methyl/N-ethyl adjacent to an activating group) is 1. The molecule has 0 fully saturated rings. The molecular weight excluding hydrogens is 228 g/mol. The van der Waals surface area contributed by atoms with Crippen LogP contribution in [0.15, 0.2) is 0 Å². The molecule has 0 N–H and O–H groups in total. The Bertz CT molecular complexity index is 476. The van der Waals surface area contributed by atoms with Crippen molar-refractivity contribution < 1.29 is 4.79 Å². The van der Waals surface area contributed by atoms with Crippen LogP contribution in [0.2, 0.25) is 5.28 Å². The van der Waals surface area contributed by atoms with E-state index in [0.717, 1.165) is 36.6 Å². The molecule has 6 heteroatoms.